The van der Waals surface area contributed by atoms with E-state index in [9.17, 15) is 0 Å². The Bertz CT molecular complexity index is 289. The second-order valence-electron chi connectivity index (χ2n) is 3.98. The zero-order valence-electron chi connectivity index (χ0n) is 8.86. The molecule has 4 heteroatoms. The third-order valence-corrected chi connectivity index (χ3v) is 2.87. The molecular weight excluding hydrogens is 178 g/mol. The van der Waals surface area contributed by atoms with Gasteiger partial charge in [-0.3, -0.25) is 0 Å². The first-order chi connectivity index (χ1) is 6.79. The predicted molar refractivity (Wildman–Crippen MR) is 53.1 cm³/mol. The van der Waals surface area contributed by atoms with Crippen molar-refractivity contribution in [3.8, 4) is 0 Å². The average Bonchev–Trinajstić information content (AvgIpc) is 2.67. The van der Waals surface area contributed by atoms with Gasteiger partial charge in [-0.1, -0.05) is 12.1 Å². The van der Waals surface area contributed by atoms with Gasteiger partial charge in [0.15, 0.2) is 5.82 Å². The van der Waals surface area contributed by atoms with Gasteiger partial charge in [0.25, 0.3) is 0 Å². The molecule has 1 fully saturated rings. The van der Waals surface area contributed by atoms with Crippen LogP contribution in [-0.4, -0.2) is 35.2 Å². The maximum Gasteiger partial charge on any atom is 0.229 e. The minimum Gasteiger partial charge on any atom is -0.339 e. The number of rotatable bonds is 2. The average molecular weight is 195 g/mol. The van der Waals surface area contributed by atoms with E-state index in [2.05, 4.69) is 22.1 Å². The Morgan fingerprint density at radius 2 is 2.14 bits per heavy atom. The molecule has 0 bridgehead atoms. The SMILES string of the molecule is CCc1noc(C2CCN(C)CC2)n1. The minimum atomic E-state index is 0.485. The molecule has 14 heavy (non-hydrogen) atoms. The third-order valence-electron chi connectivity index (χ3n) is 2.87. The first-order valence-electron chi connectivity index (χ1n) is 5.30. The van der Waals surface area contributed by atoms with Gasteiger partial charge in [-0.05, 0) is 33.0 Å². The zero-order chi connectivity index (χ0) is 9.97. The molecule has 1 saturated heterocycles. The van der Waals surface area contributed by atoms with Crippen molar-refractivity contribution < 1.29 is 4.52 Å². The molecule has 1 aromatic heterocycles. The van der Waals surface area contributed by atoms with Gasteiger partial charge in [0, 0.05) is 12.3 Å². The molecule has 1 aromatic rings. The summed E-state index contributed by atoms with van der Waals surface area (Å²) in [6.07, 6.45) is 3.14. The molecular formula is C10H17N3O. The van der Waals surface area contributed by atoms with E-state index in [1.165, 1.54) is 0 Å². The third kappa shape index (κ3) is 1.95. The zero-order valence-corrected chi connectivity index (χ0v) is 8.86. The van der Waals surface area contributed by atoms with Crippen LogP contribution >= 0.6 is 0 Å². The molecule has 0 aromatic carbocycles. The molecule has 0 atom stereocenters. The van der Waals surface area contributed by atoms with Crippen molar-refractivity contribution in [3.63, 3.8) is 0 Å². The summed E-state index contributed by atoms with van der Waals surface area (Å²) in [7, 11) is 2.15. The molecule has 1 aliphatic heterocycles. The molecule has 2 heterocycles. The lowest BCUT2D eigenvalue weighted by Gasteiger charge is -2.26. The van der Waals surface area contributed by atoms with Crippen molar-refractivity contribution in [2.24, 2.45) is 0 Å². The number of hydrogen-bond acceptors (Lipinski definition) is 4. The molecule has 0 aliphatic carbocycles. The molecule has 78 valence electrons. The molecule has 4 nitrogen and oxygen atoms in total. The summed E-state index contributed by atoms with van der Waals surface area (Å²) in [5.41, 5.74) is 0. The molecule has 0 radical (unpaired) electrons. The molecule has 0 saturated carbocycles. The van der Waals surface area contributed by atoms with Gasteiger partial charge in [-0.15, -0.1) is 0 Å². The molecule has 0 amide bonds. The van der Waals surface area contributed by atoms with E-state index < -0.39 is 0 Å². The van der Waals surface area contributed by atoms with Crippen LogP contribution in [0.3, 0.4) is 0 Å². The summed E-state index contributed by atoms with van der Waals surface area (Å²) in [6.45, 7) is 4.31. The van der Waals surface area contributed by atoms with Gasteiger partial charge in [0.2, 0.25) is 5.89 Å². The van der Waals surface area contributed by atoms with E-state index in [0.29, 0.717) is 5.92 Å². The van der Waals surface area contributed by atoms with Crippen molar-refractivity contribution in [2.75, 3.05) is 20.1 Å². The Morgan fingerprint density at radius 3 is 2.71 bits per heavy atom. The van der Waals surface area contributed by atoms with Crippen LogP contribution in [0.15, 0.2) is 4.52 Å². The topological polar surface area (TPSA) is 42.2 Å². The monoisotopic (exact) mass is 195 g/mol. The highest BCUT2D eigenvalue weighted by molar-refractivity contribution is 4.96. The van der Waals surface area contributed by atoms with Gasteiger partial charge in [0.1, 0.15) is 0 Å². The number of piperidine rings is 1. The number of hydrogen-bond donors (Lipinski definition) is 0. The fourth-order valence-electron chi connectivity index (χ4n) is 1.83. The number of aryl methyl sites for hydroxylation is 1. The Morgan fingerprint density at radius 1 is 1.43 bits per heavy atom. The second-order valence-corrected chi connectivity index (χ2v) is 3.98. The molecule has 1 aliphatic rings. The summed E-state index contributed by atoms with van der Waals surface area (Å²) in [5, 5.41) is 3.93. The van der Waals surface area contributed by atoms with Crippen molar-refractivity contribution >= 4 is 0 Å². The molecule has 0 N–H and O–H groups in total. The number of likely N-dealkylation sites (tertiary alicyclic amines) is 1. The first kappa shape index (κ1) is 9.65. The number of nitrogens with zero attached hydrogens (tertiary/aromatic N) is 3. The largest absolute Gasteiger partial charge is 0.339 e. The number of aromatic nitrogens is 2. The summed E-state index contributed by atoms with van der Waals surface area (Å²) in [4.78, 5) is 6.72. The van der Waals surface area contributed by atoms with E-state index in [-0.39, 0.29) is 0 Å². The first-order valence-corrected chi connectivity index (χ1v) is 5.30. The van der Waals surface area contributed by atoms with Gasteiger partial charge in [-0.2, -0.15) is 4.98 Å². The van der Waals surface area contributed by atoms with E-state index in [4.69, 9.17) is 4.52 Å². The Labute approximate surface area is 84.3 Å². The lowest BCUT2D eigenvalue weighted by Crippen LogP contribution is -2.29. The highest BCUT2D eigenvalue weighted by Gasteiger charge is 2.23. The van der Waals surface area contributed by atoms with Crippen LogP contribution in [0.4, 0.5) is 0 Å². The van der Waals surface area contributed by atoms with Gasteiger partial charge in [-0.25, -0.2) is 0 Å². The molecule has 0 spiro atoms. The van der Waals surface area contributed by atoms with E-state index in [0.717, 1.165) is 44.1 Å². The quantitative estimate of drug-likeness (QED) is 0.716. The molecule has 2 rings (SSSR count). The summed E-state index contributed by atoms with van der Waals surface area (Å²) in [5.74, 6) is 2.16. The van der Waals surface area contributed by atoms with E-state index in [1.54, 1.807) is 0 Å². The van der Waals surface area contributed by atoms with Crippen LogP contribution in [-0.2, 0) is 6.42 Å². The summed E-state index contributed by atoms with van der Waals surface area (Å²) < 4.78 is 5.25. The van der Waals surface area contributed by atoms with Crippen molar-refractivity contribution in [3.05, 3.63) is 11.7 Å². The smallest absolute Gasteiger partial charge is 0.229 e. The second kappa shape index (κ2) is 4.09. The van der Waals surface area contributed by atoms with Crippen LogP contribution < -0.4 is 0 Å². The van der Waals surface area contributed by atoms with Gasteiger partial charge >= 0.3 is 0 Å². The van der Waals surface area contributed by atoms with Crippen LogP contribution in [0.1, 0.15) is 37.4 Å². The maximum atomic E-state index is 5.25. The van der Waals surface area contributed by atoms with Crippen molar-refractivity contribution in [1.29, 1.82) is 0 Å². The van der Waals surface area contributed by atoms with Crippen LogP contribution in [0, 0.1) is 0 Å². The van der Waals surface area contributed by atoms with Crippen LogP contribution in [0.25, 0.3) is 0 Å². The Balaban J connectivity index is 2.01. The fourth-order valence-corrected chi connectivity index (χ4v) is 1.83. The minimum absolute atomic E-state index is 0.485. The lowest BCUT2D eigenvalue weighted by molar-refractivity contribution is 0.227. The van der Waals surface area contributed by atoms with Crippen LogP contribution in [0.2, 0.25) is 0 Å². The predicted octanol–water partition coefficient (Wildman–Crippen LogP) is 1.44. The van der Waals surface area contributed by atoms with Gasteiger partial charge < -0.3 is 9.42 Å². The van der Waals surface area contributed by atoms with Crippen molar-refractivity contribution in [2.45, 2.75) is 32.1 Å². The lowest BCUT2D eigenvalue weighted by atomic mass is 9.97. The normalized spacial score (nSPS) is 20.1. The maximum absolute atomic E-state index is 5.25. The highest BCUT2D eigenvalue weighted by atomic mass is 16.5. The highest BCUT2D eigenvalue weighted by Crippen LogP contribution is 2.25. The van der Waals surface area contributed by atoms with Crippen LogP contribution in [0.5, 0.6) is 0 Å². The van der Waals surface area contributed by atoms with Crippen molar-refractivity contribution in [1.82, 2.24) is 15.0 Å². The fraction of sp³-hybridized carbons (Fsp3) is 0.800. The summed E-state index contributed by atoms with van der Waals surface area (Å²) in [6, 6.07) is 0. The standard InChI is InChI=1S/C10H17N3O/c1-3-9-11-10(14-12-9)8-4-6-13(2)7-5-8/h8H,3-7H2,1-2H3. The van der Waals surface area contributed by atoms with E-state index >= 15 is 0 Å². The van der Waals surface area contributed by atoms with E-state index in [1.807, 2.05) is 6.92 Å². The van der Waals surface area contributed by atoms with Gasteiger partial charge in [0.05, 0.1) is 0 Å². The summed E-state index contributed by atoms with van der Waals surface area (Å²) >= 11 is 0. The molecule has 0 unspecified atom stereocenters. The Hall–Kier alpha value is -0.900. The Kier molecular flexibility index (Phi) is 2.82.